The van der Waals surface area contributed by atoms with Crippen LogP contribution >= 0.6 is 7.94 Å². The number of benzene rings is 1. The minimum absolute atomic E-state index is 0.00713. The fourth-order valence-electron chi connectivity index (χ4n) is 3.16. The van der Waals surface area contributed by atoms with Crippen LogP contribution in [-0.4, -0.2) is 47.4 Å². The molecule has 1 N–H and O–H groups in total. The van der Waals surface area contributed by atoms with Crippen molar-refractivity contribution in [2.45, 2.75) is 13.3 Å². The smallest absolute Gasteiger partial charge is 0.448 e. The van der Waals surface area contributed by atoms with E-state index in [2.05, 4.69) is 4.98 Å². The summed E-state index contributed by atoms with van der Waals surface area (Å²) in [6.07, 6.45) is 0.901. The average Bonchev–Trinajstić information content (AvgIpc) is 2.72. The van der Waals surface area contributed by atoms with Crippen LogP contribution in [0, 0.1) is 17.0 Å². The molecule has 2 heterocycles. The molecule has 29 heavy (non-hydrogen) atoms. The zero-order valence-corrected chi connectivity index (χ0v) is 16.5. The number of methoxy groups -OCH3 is 1. The summed E-state index contributed by atoms with van der Waals surface area (Å²) in [5, 5.41) is 11.7. The first kappa shape index (κ1) is 20.9. The fourth-order valence-corrected chi connectivity index (χ4v) is 5.22. The Hall–Kier alpha value is -2.78. The lowest BCUT2D eigenvalue weighted by Gasteiger charge is -2.24. The van der Waals surface area contributed by atoms with Crippen molar-refractivity contribution in [3.8, 4) is 11.1 Å². The van der Waals surface area contributed by atoms with Crippen molar-refractivity contribution in [2.24, 2.45) is 0 Å². The minimum atomic E-state index is -3.72. The molecule has 0 saturated carbocycles. The Labute approximate surface area is 166 Å². The number of carbonyl (C=O) groups excluding carboxylic acids is 2. The van der Waals surface area contributed by atoms with Gasteiger partial charge in [-0.15, -0.1) is 0 Å². The van der Waals surface area contributed by atoms with Crippen molar-refractivity contribution in [1.29, 1.82) is 0 Å². The average molecular weight is 421 g/mol. The minimum Gasteiger partial charge on any atom is -0.465 e. The molecule has 0 unspecified atom stereocenters. The van der Waals surface area contributed by atoms with E-state index in [0.29, 0.717) is 12.7 Å². The second kappa shape index (κ2) is 8.30. The van der Waals surface area contributed by atoms with Gasteiger partial charge in [0.15, 0.2) is 6.29 Å². The van der Waals surface area contributed by atoms with Crippen molar-refractivity contribution in [2.75, 3.05) is 20.3 Å². The maximum Gasteiger partial charge on any atom is 0.448 e. The van der Waals surface area contributed by atoms with E-state index >= 15 is 0 Å². The van der Waals surface area contributed by atoms with Gasteiger partial charge in [0.25, 0.3) is 5.69 Å². The molecule has 1 fully saturated rings. The predicted molar refractivity (Wildman–Crippen MR) is 103 cm³/mol. The SMILES string of the molecule is COC(=O)c1c(C=O)nc(C)c([P+]2(O)OCCCO2)c1-c1ccccc1[N+](=O)[O-]. The number of pyridine rings is 1. The first-order valence-electron chi connectivity index (χ1n) is 8.57. The maximum absolute atomic E-state index is 12.6. The number of rotatable bonds is 5. The molecule has 1 aromatic carbocycles. The zero-order chi connectivity index (χ0) is 21.2. The molecule has 1 aliphatic heterocycles. The molecule has 10 nitrogen and oxygen atoms in total. The van der Waals surface area contributed by atoms with Crippen molar-refractivity contribution < 1.29 is 33.2 Å². The monoisotopic (exact) mass is 421 g/mol. The van der Waals surface area contributed by atoms with Crippen molar-refractivity contribution >= 4 is 31.2 Å². The van der Waals surface area contributed by atoms with E-state index in [9.17, 15) is 24.6 Å². The zero-order valence-electron chi connectivity index (χ0n) is 15.7. The number of esters is 1. The van der Waals surface area contributed by atoms with Gasteiger partial charge in [-0.1, -0.05) is 12.1 Å². The van der Waals surface area contributed by atoms with Crippen LogP contribution in [0.3, 0.4) is 0 Å². The predicted octanol–water partition coefficient (Wildman–Crippen LogP) is 2.38. The van der Waals surface area contributed by atoms with Gasteiger partial charge in [0.1, 0.15) is 24.5 Å². The summed E-state index contributed by atoms with van der Waals surface area (Å²) in [6, 6.07) is 5.66. The van der Waals surface area contributed by atoms with E-state index in [1.807, 2.05) is 0 Å². The van der Waals surface area contributed by atoms with E-state index < -0.39 is 18.8 Å². The van der Waals surface area contributed by atoms with Crippen LogP contribution in [0.15, 0.2) is 24.3 Å². The van der Waals surface area contributed by atoms with Gasteiger partial charge >= 0.3 is 13.9 Å². The second-order valence-corrected chi connectivity index (χ2v) is 8.11. The van der Waals surface area contributed by atoms with E-state index in [0.717, 1.165) is 7.11 Å². The Morgan fingerprint density at radius 2 is 2.00 bits per heavy atom. The molecule has 3 rings (SSSR count). The Kier molecular flexibility index (Phi) is 5.99. The highest BCUT2D eigenvalue weighted by atomic mass is 31.2. The Bertz CT molecular complexity index is 988. The molecule has 152 valence electrons. The number of ether oxygens (including phenoxy) is 1. The first-order chi connectivity index (χ1) is 13.8. The molecule has 0 radical (unpaired) electrons. The van der Waals surface area contributed by atoms with Crippen LogP contribution in [-0.2, 0) is 13.8 Å². The highest BCUT2D eigenvalue weighted by molar-refractivity contribution is 7.69. The lowest BCUT2D eigenvalue weighted by atomic mass is 9.96. The lowest BCUT2D eigenvalue weighted by molar-refractivity contribution is -0.384. The molecular formula is C18H18N2O8P+. The van der Waals surface area contributed by atoms with Gasteiger partial charge in [-0.25, -0.2) is 9.78 Å². The molecule has 0 bridgehead atoms. The highest BCUT2D eigenvalue weighted by Gasteiger charge is 2.52. The van der Waals surface area contributed by atoms with Crippen LogP contribution in [0.2, 0.25) is 0 Å². The van der Waals surface area contributed by atoms with Gasteiger partial charge in [0, 0.05) is 12.5 Å². The summed E-state index contributed by atoms with van der Waals surface area (Å²) in [5.41, 5.74) is -0.793. The van der Waals surface area contributed by atoms with E-state index in [1.165, 1.54) is 31.2 Å². The molecule has 0 amide bonds. The van der Waals surface area contributed by atoms with Crippen LogP contribution in [0.25, 0.3) is 11.1 Å². The van der Waals surface area contributed by atoms with Crippen LogP contribution < -0.4 is 5.30 Å². The van der Waals surface area contributed by atoms with Crippen LogP contribution in [0.1, 0.15) is 33.0 Å². The number of nitro benzene ring substituents is 1. The third kappa shape index (κ3) is 3.75. The molecule has 0 aliphatic carbocycles. The molecule has 1 aliphatic rings. The molecule has 1 saturated heterocycles. The summed E-state index contributed by atoms with van der Waals surface area (Å²) in [6.45, 7) is 1.90. The molecule has 2 aromatic rings. The number of hydrogen-bond acceptors (Lipinski definition) is 9. The summed E-state index contributed by atoms with van der Waals surface area (Å²) in [7, 11) is -2.61. The second-order valence-electron chi connectivity index (χ2n) is 6.11. The molecule has 11 heteroatoms. The quantitative estimate of drug-likeness (QED) is 0.253. The summed E-state index contributed by atoms with van der Waals surface area (Å²) < 4.78 is 15.9. The Morgan fingerprint density at radius 1 is 1.34 bits per heavy atom. The number of carbonyl (C=O) groups is 2. The Morgan fingerprint density at radius 3 is 2.59 bits per heavy atom. The van der Waals surface area contributed by atoms with Gasteiger partial charge in [-0.05, 0) is 13.0 Å². The fraction of sp³-hybridized carbons (Fsp3) is 0.278. The number of nitrogens with zero attached hydrogens (tertiary/aromatic N) is 2. The normalized spacial score (nSPS) is 15.6. The highest BCUT2D eigenvalue weighted by Crippen LogP contribution is 2.60. The summed E-state index contributed by atoms with van der Waals surface area (Å²) >= 11 is 0. The van der Waals surface area contributed by atoms with Crippen LogP contribution in [0.5, 0.6) is 0 Å². The third-order valence-corrected chi connectivity index (χ3v) is 6.53. The largest absolute Gasteiger partial charge is 0.465 e. The Balaban J connectivity index is 2.49. The third-order valence-electron chi connectivity index (χ3n) is 4.35. The number of aryl methyl sites for hydroxylation is 1. The number of nitro groups is 1. The number of para-hydroxylation sites is 1. The van der Waals surface area contributed by atoms with Gasteiger partial charge in [0.2, 0.25) is 5.30 Å². The molecule has 0 spiro atoms. The number of aromatic nitrogens is 1. The first-order valence-corrected chi connectivity index (χ1v) is 10.1. The van der Waals surface area contributed by atoms with Crippen molar-refractivity contribution in [3.05, 3.63) is 51.3 Å². The molecule has 1 aromatic heterocycles. The van der Waals surface area contributed by atoms with Crippen molar-refractivity contribution in [1.82, 2.24) is 4.98 Å². The number of hydrogen-bond donors (Lipinski definition) is 1. The van der Waals surface area contributed by atoms with Crippen LogP contribution in [0.4, 0.5) is 5.69 Å². The topological polar surface area (TPSA) is 138 Å². The van der Waals surface area contributed by atoms with Gasteiger partial charge in [0.05, 0.1) is 28.9 Å². The molecular weight excluding hydrogens is 403 g/mol. The molecule has 0 atom stereocenters. The van der Waals surface area contributed by atoms with Gasteiger partial charge in [-0.3, -0.25) is 14.9 Å². The van der Waals surface area contributed by atoms with E-state index in [-0.39, 0.29) is 52.3 Å². The van der Waals surface area contributed by atoms with E-state index in [4.69, 9.17) is 13.8 Å². The standard InChI is InChI=1S/C18H18N2O8P/c1-11-17(29(25)27-8-5-9-28-29)15(12-6-3-4-7-14(12)20(23)24)16(18(22)26-2)13(10-21)19-11/h3-4,6-7,10,25H,5,8-9H2,1-2H3/q+1. The van der Waals surface area contributed by atoms with Gasteiger partial charge < -0.3 is 4.74 Å². The summed E-state index contributed by atoms with van der Waals surface area (Å²) in [4.78, 5) is 50.5. The van der Waals surface area contributed by atoms with Crippen molar-refractivity contribution in [3.63, 3.8) is 0 Å². The number of aldehydes is 1. The van der Waals surface area contributed by atoms with Gasteiger partial charge in [-0.2, -0.15) is 13.9 Å². The van der Waals surface area contributed by atoms with E-state index in [1.54, 1.807) is 0 Å². The maximum atomic E-state index is 12.6. The lowest BCUT2D eigenvalue weighted by Crippen LogP contribution is -2.29. The summed E-state index contributed by atoms with van der Waals surface area (Å²) in [5.74, 6) is -0.933.